The van der Waals surface area contributed by atoms with Crippen LogP contribution in [-0.2, 0) is 0 Å². The van der Waals surface area contributed by atoms with Crippen LogP contribution in [0.1, 0.15) is 78.6 Å². The van der Waals surface area contributed by atoms with Crippen LogP contribution in [0, 0.1) is 5.41 Å². The summed E-state index contributed by atoms with van der Waals surface area (Å²) in [5, 5.41) is 6.16. The zero-order valence-corrected chi connectivity index (χ0v) is 13.1. The summed E-state index contributed by atoms with van der Waals surface area (Å²) in [6, 6.07) is 0.424. The van der Waals surface area contributed by atoms with E-state index >= 15 is 0 Å². The van der Waals surface area contributed by atoms with Gasteiger partial charge in [-0.2, -0.15) is 0 Å². The summed E-state index contributed by atoms with van der Waals surface area (Å²) in [4.78, 5) is 11.9. The highest BCUT2D eigenvalue weighted by Gasteiger charge is 2.20. The minimum absolute atomic E-state index is 0.0236. The van der Waals surface area contributed by atoms with E-state index in [9.17, 15) is 4.79 Å². The maximum absolute atomic E-state index is 11.9. The number of nitrogens with one attached hydrogen (secondary N) is 2. The summed E-state index contributed by atoms with van der Waals surface area (Å²) in [5.41, 5.74) is 0.207. The molecule has 0 bridgehead atoms. The van der Waals surface area contributed by atoms with E-state index in [0.717, 1.165) is 19.4 Å². The van der Waals surface area contributed by atoms with Gasteiger partial charge in [-0.25, -0.2) is 4.79 Å². The fraction of sp³-hybridized carbons (Fsp3) is 0.938. The number of hydrogen-bond donors (Lipinski definition) is 2. The zero-order valence-electron chi connectivity index (χ0n) is 13.1. The summed E-state index contributed by atoms with van der Waals surface area (Å²) in [6.45, 7) is 7.48. The van der Waals surface area contributed by atoms with Crippen LogP contribution in [0.4, 0.5) is 4.79 Å². The Hall–Kier alpha value is -0.730. The van der Waals surface area contributed by atoms with Crippen molar-refractivity contribution in [1.29, 1.82) is 0 Å². The van der Waals surface area contributed by atoms with Gasteiger partial charge in [0.1, 0.15) is 0 Å². The van der Waals surface area contributed by atoms with Crippen LogP contribution >= 0.6 is 0 Å². The predicted octanol–water partition coefficient (Wildman–Crippen LogP) is 4.22. The minimum atomic E-state index is 0.0236. The Morgan fingerprint density at radius 3 is 2.47 bits per heavy atom. The maximum Gasteiger partial charge on any atom is 0.315 e. The molecule has 0 heterocycles. The van der Waals surface area contributed by atoms with Gasteiger partial charge in [0.15, 0.2) is 0 Å². The molecule has 2 N–H and O–H groups in total. The lowest BCUT2D eigenvalue weighted by atomic mass is 9.87. The topological polar surface area (TPSA) is 41.1 Å². The normalized spacial score (nSPS) is 17.2. The smallest absolute Gasteiger partial charge is 0.315 e. The van der Waals surface area contributed by atoms with E-state index in [0.29, 0.717) is 6.04 Å². The second-order valence-electron chi connectivity index (χ2n) is 6.78. The highest BCUT2D eigenvalue weighted by atomic mass is 16.2. The Bertz CT molecular complexity index is 257. The van der Waals surface area contributed by atoms with Crippen molar-refractivity contribution in [2.45, 2.75) is 84.6 Å². The molecule has 0 spiro atoms. The first-order chi connectivity index (χ1) is 9.03. The second kappa shape index (κ2) is 8.44. The molecule has 2 amide bonds. The molecule has 0 radical (unpaired) electrons. The molecule has 0 atom stereocenters. The molecule has 3 heteroatoms. The Labute approximate surface area is 118 Å². The number of carbonyl (C=O) groups is 1. The number of rotatable bonds is 7. The van der Waals surface area contributed by atoms with Crippen molar-refractivity contribution in [2.75, 3.05) is 6.54 Å². The SMILES string of the molecule is CCCCCC(C)(C)CNC(=O)NC1CCCCC1. The third-order valence-electron chi connectivity index (χ3n) is 4.12. The first-order valence-corrected chi connectivity index (χ1v) is 8.08. The van der Waals surface area contributed by atoms with Gasteiger partial charge in [-0.05, 0) is 24.7 Å². The van der Waals surface area contributed by atoms with Crippen LogP contribution in [0.3, 0.4) is 0 Å². The van der Waals surface area contributed by atoms with Crippen molar-refractivity contribution < 1.29 is 4.79 Å². The van der Waals surface area contributed by atoms with Crippen LogP contribution in [0.2, 0.25) is 0 Å². The molecular formula is C16H32N2O. The van der Waals surface area contributed by atoms with Crippen molar-refractivity contribution in [2.24, 2.45) is 5.41 Å². The van der Waals surface area contributed by atoms with Crippen molar-refractivity contribution in [1.82, 2.24) is 10.6 Å². The highest BCUT2D eigenvalue weighted by molar-refractivity contribution is 5.74. The van der Waals surface area contributed by atoms with Gasteiger partial charge < -0.3 is 10.6 Å². The van der Waals surface area contributed by atoms with Crippen molar-refractivity contribution in [3.8, 4) is 0 Å². The number of carbonyl (C=O) groups excluding carboxylic acids is 1. The lowest BCUT2D eigenvalue weighted by molar-refractivity contribution is 0.223. The molecule has 1 aliphatic carbocycles. The van der Waals surface area contributed by atoms with E-state index in [-0.39, 0.29) is 11.4 Å². The van der Waals surface area contributed by atoms with Gasteiger partial charge >= 0.3 is 6.03 Å². The van der Waals surface area contributed by atoms with Gasteiger partial charge in [0, 0.05) is 12.6 Å². The molecule has 0 aliphatic heterocycles. The van der Waals surface area contributed by atoms with Crippen LogP contribution in [0.25, 0.3) is 0 Å². The Balaban J connectivity index is 2.17. The van der Waals surface area contributed by atoms with Crippen LogP contribution < -0.4 is 10.6 Å². The minimum Gasteiger partial charge on any atom is -0.338 e. The third-order valence-corrected chi connectivity index (χ3v) is 4.12. The molecule has 1 saturated carbocycles. The number of amides is 2. The Kier molecular flexibility index (Phi) is 7.25. The first-order valence-electron chi connectivity index (χ1n) is 8.08. The molecule has 1 aliphatic rings. The fourth-order valence-electron chi connectivity index (χ4n) is 2.74. The summed E-state index contributed by atoms with van der Waals surface area (Å²) < 4.78 is 0. The molecule has 3 nitrogen and oxygen atoms in total. The average molecular weight is 268 g/mol. The quantitative estimate of drug-likeness (QED) is 0.667. The van der Waals surface area contributed by atoms with Crippen LogP contribution in [-0.4, -0.2) is 18.6 Å². The van der Waals surface area contributed by atoms with Crippen molar-refractivity contribution in [3.05, 3.63) is 0 Å². The van der Waals surface area contributed by atoms with Gasteiger partial charge in [0.2, 0.25) is 0 Å². The largest absolute Gasteiger partial charge is 0.338 e. The lowest BCUT2D eigenvalue weighted by Crippen LogP contribution is -2.45. The monoisotopic (exact) mass is 268 g/mol. The lowest BCUT2D eigenvalue weighted by Gasteiger charge is -2.27. The third kappa shape index (κ3) is 7.44. The van der Waals surface area contributed by atoms with Crippen LogP contribution in [0.15, 0.2) is 0 Å². The molecule has 19 heavy (non-hydrogen) atoms. The molecule has 1 fully saturated rings. The number of hydrogen-bond acceptors (Lipinski definition) is 1. The molecule has 0 aromatic heterocycles. The molecule has 112 valence electrons. The van der Waals surface area contributed by atoms with Crippen molar-refractivity contribution in [3.63, 3.8) is 0 Å². The predicted molar refractivity (Wildman–Crippen MR) is 81.3 cm³/mol. The van der Waals surface area contributed by atoms with E-state index in [2.05, 4.69) is 31.4 Å². The van der Waals surface area contributed by atoms with Gasteiger partial charge in [0.25, 0.3) is 0 Å². The summed E-state index contributed by atoms with van der Waals surface area (Å²) in [6.07, 6.45) is 11.1. The van der Waals surface area contributed by atoms with Gasteiger partial charge in [0.05, 0.1) is 0 Å². The fourth-order valence-corrected chi connectivity index (χ4v) is 2.74. The van der Waals surface area contributed by atoms with E-state index in [1.807, 2.05) is 0 Å². The molecule has 0 aromatic rings. The highest BCUT2D eigenvalue weighted by Crippen LogP contribution is 2.22. The zero-order chi connectivity index (χ0) is 14.1. The number of urea groups is 1. The number of unbranched alkanes of at least 4 members (excludes halogenated alkanes) is 2. The standard InChI is InChI=1S/C16H32N2O/c1-4-5-9-12-16(2,3)13-17-15(19)18-14-10-7-6-8-11-14/h14H,4-13H2,1-3H3,(H2,17,18,19). The van der Waals surface area contributed by atoms with Crippen molar-refractivity contribution >= 4 is 6.03 Å². The van der Waals surface area contributed by atoms with Crippen LogP contribution in [0.5, 0.6) is 0 Å². The molecule has 0 saturated heterocycles. The Morgan fingerprint density at radius 1 is 1.16 bits per heavy atom. The van der Waals surface area contributed by atoms with E-state index in [1.54, 1.807) is 0 Å². The second-order valence-corrected chi connectivity index (χ2v) is 6.78. The maximum atomic E-state index is 11.9. The Morgan fingerprint density at radius 2 is 1.84 bits per heavy atom. The molecule has 1 rings (SSSR count). The van der Waals surface area contributed by atoms with E-state index in [1.165, 1.54) is 44.9 Å². The van der Waals surface area contributed by atoms with Gasteiger partial charge in [-0.3, -0.25) is 0 Å². The van der Waals surface area contributed by atoms with Gasteiger partial charge in [-0.1, -0.05) is 59.3 Å². The molecular weight excluding hydrogens is 236 g/mol. The van der Waals surface area contributed by atoms with Gasteiger partial charge in [-0.15, -0.1) is 0 Å². The van der Waals surface area contributed by atoms with E-state index in [4.69, 9.17) is 0 Å². The average Bonchev–Trinajstić information content (AvgIpc) is 2.38. The first kappa shape index (κ1) is 16.3. The summed E-state index contributed by atoms with van der Waals surface area (Å²) in [7, 11) is 0. The summed E-state index contributed by atoms with van der Waals surface area (Å²) in [5.74, 6) is 0. The molecule has 0 aromatic carbocycles. The summed E-state index contributed by atoms with van der Waals surface area (Å²) >= 11 is 0. The van der Waals surface area contributed by atoms with E-state index < -0.39 is 0 Å². The molecule has 0 unspecified atom stereocenters.